The van der Waals surface area contributed by atoms with E-state index in [-0.39, 0.29) is 30.7 Å². The first-order chi connectivity index (χ1) is 15.9. The molecule has 2 heterocycles. The number of rotatable bonds is 6. The molecular weight excluding hydrogens is 424 g/mol. The lowest BCUT2D eigenvalue weighted by Crippen LogP contribution is -2.54. The van der Waals surface area contributed by atoms with Crippen LogP contribution in [0.1, 0.15) is 30.8 Å². The number of ketones is 1. The molecule has 2 atom stereocenters. The molecule has 1 unspecified atom stereocenters. The summed E-state index contributed by atoms with van der Waals surface area (Å²) in [5, 5.41) is 6.26. The van der Waals surface area contributed by atoms with Crippen LogP contribution in [-0.2, 0) is 9.59 Å². The average molecular weight is 450 g/mol. The number of Topliss-reactive ketones (excluding diaryl/α,β-unsaturated/α-hetero) is 1. The van der Waals surface area contributed by atoms with Crippen molar-refractivity contribution in [3.8, 4) is 11.5 Å². The van der Waals surface area contributed by atoms with Gasteiger partial charge in [0.05, 0.1) is 0 Å². The van der Waals surface area contributed by atoms with Crippen molar-refractivity contribution < 1.29 is 28.3 Å². The van der Waals surface area contributed by atoms with Crippen molar-refractivity contribution in [3.05, 3.63) is 60.4 Å². The molecule has 8 heteroatoms. The molecule has 0 saturated heterocycles. The normalized spacial score (nSPS) is 16.7. The fourth-order valence-corrected chi connectivity index (χ4v) is 3.62. The molecule has 3 aromatic rings. The second-order valence-electron chi connectivity index (χ2n) is 8.38. The van der Waals surface area contributed by atoms with Gasteiger partial charge in [0.2, 0.25) is 5.91 Å². The van der Waals surface area contributed by atoms with Crippen molar-refractivity contribution >= 4 is 28.6 Å². The number of nitrogens with one attached hydrogen (secondary N) is 2. The van der Waals surface area contributed by atoms with Crippen LogP contribution in [0.3, 0.4) is 0 Å². The van der Waals surface area contributed by atoms with Crippen LogP contribution in [0, 0.1) is 5.92 Å². The Bertz CT molecular complexity index is 1140. The SMILES string of the molecule is CC(C)C[C@H](NC(=O)c1cc2ccccc2o1)C(=O)NC1COc2ccccc2OCC1=O. The molecule has 33 heavy (non-hydrogen) atoms. The summed E-state index contributed by atoms with van der Waals surface area (Å²) in [4.78, 5) is 38.5. The molecule has 1 aromatic heterocycles. The lowest BCUT2D eigenvalue weighted by molar-refractivity contribution is -0.131. The molecule has 1 aliphatic heterocycles. The molecular formula is C25H26N2O6. The van der Waals surface area contributed by atoms with E-state index in [1.54, 1.807) is 36.4 Å². The van der Waals surface area contributed by atoms with Gasteiger partial charge in [-0.25, -0.2) is 0 Å². The zero-order chi connectivity index (χ0) is 23.4. The van der Waals surface area contributed by atoms with E-state index in [9.17, 15) is 14.4 Å². The molecule has 0 saturated carbocycles. The summed E-state index contributed by atoms with van der Waals surface area (Å²) < 4.78 is 16.8. The number of furan rings is 1. The third-order valence-corrected chi connectivity index (χ3v) is 5.31. The topological polar surface area (TPSA) is 107 Å². The van der Waals surface area contributed by atoms with E-state index in [0.29, 0.717) is 23.5 Å². The average Bonchev–Trinajstić information content (AvgIpc) is 3.23. The summed E-state index contributed by atoms with van der Waals surface area (Å²) in [6.07, 6.45) is 0.388. The van der Waals surface area contributed by atoms with Crippen molar-refractivity contribution in [3.63, 3.8) is 0 Å². The van der Waals surface area contributed by atoms with E-state index >= 15 is 0 Å². The predicted molar refractivity (Wildman–Crippen MR) is 121 cm³/mol. The van der Waals surface area contributed by atoms with E-state index < -0.39 is 23.9 Å². The number of fused-ring (bicyclic) bond motifs is 2. The maximum atomic E-state index is 13.1. The van der Waals surface area contributed by atoms with Gasteiger partial charge in [-0.05, 0) is 36.6 Å². The molecule has 172 valence electrons. The third-order valence-electron chi connectivity index (χ3n) is 5.31. The van der Waals surface area contributed by atoms with Gasteiger partial charge in [-0.2, -0.15) is 0 Å². The van der Waals surface area contributed by atoms with Crippen LogP contribution in [0.15, 0.2) is 59.0 Å². The molecule has 0 fully saturated rings. The summed E-state index contributed by atoms with van der Waals surface area (Å²) in [5.41, 5.74) is 0.588. The van der Waals surface area contributed by atoms with Crippen LogP contribution in [0.4, 0.5) is 0 Å². The van der Waals surface area contributed by atoms with Gasteiger partial charge in [0, 0.05) is 5.39 Å². The number of hydrogen-bond acceptors (Lipinski definition) is 6. The van der Waals surface area contributed by atoms with E-state index in [1.807, 2.05) is 32.0 Å². The Morgan fingerprint density at radius 2 is 1.73 bits per heavy atom. The number of amides is 2. The summed E-state index contributed by atoms with van der Waals surface area (Å²) >= 11 is 0. The van der Waals surface area contributed by atoms with Crippen molar-refractivity contribution in [1.82, 2.24) is 10.6 Å². The molecule has 0 bridgehead atoms. The van der Waals surface area contributed by atoms with Crippen LogP contribution in [0.5, 0.6) is 11.5 Å². The standard InChI is InChI=1S/C25H26N2O6/c1-15(2)11-17(26-25(30)23-12-16-7-3-4-8-20(16)33-23)24(29)27-18-13-31-21-9-5-6-10-22(21)32-14-19(18)28/h3-10,12,15,17-18H,11,13-14H2,1-2H3,(H,26,30)(H,27,29)/t17-,18?/m0/s1. The summed E-state index contributed by atoms with van der Waals surface area (Å²) in [6, 6.07) is 14.2. The van der Waals surface area contributed by atoms with Crippen LogP contribution < -0.4 is 20.1 Å². The minimum atomic E-state index is -0.899. The van der Waals surface area contributed by atoms with Gasteiger partial charge < -0.3 is 24.5 Å². The first-order valence-electron chi connectivity index (χ1n) is 10.9. The van der Waals surface area contributed by atoms with Gasteiger partial charge in [-0.3, -0.25) is 14.4 Å². The van der Waals surface area contributed by atoms with Crippen LogP contribution in [0.25, 0.3) is 11.0 Å². The summed E-state index contributed by atoms with van der Waals surface area (Å²) in [5.74, 6) is -0.0600. The van der Waals surface area contributed by atoms with E-state index in [0.717, 1.165) is 5.39 Å². The Kier molecular flexibility index (Phi) is 6.63. The minimum absolute atomic E-state index is 0.0309. The Morgan fingerprint density at radius 1 is 1.03 bits per heavy atom. The zero-order valence-corrected chi connectivity index (χ0v) is 18.5. The van der Waals surface area contributed by atoms with Crippen LogP contribution in [-0.4, -0.2) is 42.9 Å². The third kappa shape index (κ3) is 5.34. The molecule has 0 spiro atoms. The monoisotopic (exact) mass is 450 g/mol. The van der Waals surface area contributed by atoms with Gasteiger partial charge in [-0.1, -0.05) is 44.2 Å². The molecule has 0 aliphatic carbocycles. The van der Waals surface area contributed by atoms with Crippen molar-refractivity contribution in [2.45, 2.75) is 32.4 Å². The fourth-order valence-electron chi connectivity index (χ4n) is 3.62. The maximum Gasteiger partial charge on any atom is 0.287 e. The van der Waals surface area contributed by atoms with Crippen molar-refractivity contribution in [2.24, 2.45) is 5.92 Å². The highest BCUT2D eigenvalue weighted by Gasteiger charge is 2.30. The van der Waals surface area contributed by atoms with Gasteiger partial charge in [0.15, 0.2) is 23.0 Å². The van der Waals surface area contributed by atoms with E-state index in [1.165, 1.54) is 0 Å². The highest BCUT2D eigenvalue weighted by molar-refractivity contribution is 5.99. The largest absolute Gasteiger partial charge is 0.487 e. The highest BCUT2D eigenvalue weighted by atomic mass is 16.5. The summed E-state index contributed by atoms with van der Waals surface area (Å²) in [7, 11) is 0. The number of benzene rings is 2. The molecule has 2 amide bonds. The molecule has 0 radical (unpaired) electrons. The van der Waals surface area contributed by atoms with Crippen molar-refractivity contribution in [1.29, 1.82) is 0 Å². The second kappa shape index (κ2) is 9.77. The number of ether oxygens (including phenoxy) is 2. The Morgan fingerprint density at radius 3 is 2.45 bits per heavy atom. The summed E-state index contributed by atoms with van der Waals surface area (Å²) in [6.45, 7) is 3.67. The predicted octanol–water partition coefficient (Wildman–Crippen LogP) is 3.10. The molecule has 8 nitrogen and oxygen atoms in total. The van der Waals surface area contributed by atoms with Crippen LogP contribution in [0.2, 0.25) is 0 Å². The second-order valence-corrected chi connectivity index (χ2v) is 8.38. The van der Waals surface area contributed by atoms with Crippen LogP contribution >= 0.6 is 0 Å². The quantitative estimate of drug-likeness (QED) is 0.598. The molecule has 4 rings (SSSR count). The maximum absolute atomic E-state index is 13.1. The van der Waals surface area contributed by atoms with Gasteiger partial charge in [0.1, 0.15) is 30.9 Å². The van der Waals surface area contributed by atoms with E-state index in [2.05, 4.69) is 10.6 Å². The van der Waals surface area contributed by atoms with Crippen molar-refractivity contribution in [2.75, 3.05) is 13.2 Å². The number of carbonyl (C=O) groups excluding carboxylic acids is 3. The Labute approximate surface area is 191 Å². The van der Waals surface area contributed by atoms with Gasteiger partial charge >= 0.3 is 0 Å². The smallest absolute Gasteiger partial charge is 0.287 e. The molecule has 1 aliphatic rings. The number of carbonyl (C=O) groups is 3. The lowest BCUT2D eigenvalue weighted by Gasteiger charge is -2.25. The Hall–Kier alpha value is -3.81. The zero-order valence-electron chi connectivity index (χ0n) is 18.5. The van der Waals surface area contributed by atoms with Gasteiger partial charge in [-0.15, -0.1) is 0 Å². The minimum Gasteiger partial charge on any atom is -0.487 e. The lowest BCUT2D eigenvalue weighted by atomic mass is 10.0. The first kappa shape index (κ1) is 22.4. The molecule has 2 aromatic carbocycles. The van der Waals surface area contributed by atoms with E-state index in [4.69, 9.17) is 13.9 Å². The number of para-hydroxylation sites is 3. The highest BCUT2D eigenvalue weighted by Crippen LogP contribution is 2.27. The van der Waals surface area contributed by atoms with Gasteiger partial charge in [0.25, 0.3) is 5.91 Å². The molecule has 2 N–H and O–H groups in total. The number of hydrogen-bond donors (Lipinski definition) is 2. The first-order valence-corrected chi connectivity index (χ1v) is 10.9. The Balaban J connectivity index is 1.45. The fraction of sp³-hybridized carbons (Fsp3) is 0.320.